The minimum absolute atomic E-state index is 0.00613. The maximum Gasteiger partial charge on any atom is 0.490 e. The zero-order chi connectivity index (χ0) is 45.1. The number of nitrogens with zero attached hydrogens (tertiary/aromatic N) is 8. The predicted molar refractivity (Wildman–Crippen MR) is 203 cm³/mol. The minimum Gasteiger partial charge on any atom is -0.491 e. The van der Waals surface area contributed by atoms with Crippen LogP contribution in [0, 0.1) is 11.8 Å². The Bertz CT molecular complexity index is 2210. The molecule has 30 nitrogen and oxygen atoms in total. The second-order valence-electron chi connectivity index (χ2n) is 11.6. The first-order chi connectivity index (χ1) is 28.8. The summed E-state index contributed by atoms with van der Waals surface area (Å²) in [6.45, 7) is -1.98. The number of rotatable bonds is 25. The number of phosphoric acid groups is 3. The molecule has 2 heterocycles. The molecule has 1 aliphatic heterocycles. The predicted octanol–water partition coefficient (Wildman–Crippen LogP) is 0.0141. The summed E-state index contributed by atoms with van der Waals surface area (Å²) in [6.07, 6.45) is -3.88. The van der Waals surface area contributed by atoms with Crippen molar-refractivity contribution in [3.63, 3.8) is 0 Å². The van der Waals surface area contributed by atoms with E-state index >= 15 is 0 Å². The highest BCUT2D eigenvalue weighted by Gasteiger charge is 2.43. The molecule has 3 rings (SSSR count). The number of nitrogen functional groups attached to an aromatic ring is 1. The first-order valence-corrected chi connectivity index (χ1v) is 21.5. The van der Waals surface area contributed by atoms with E-state index in [-0.39, 0.29) is 56.6 Å². The van der Waals surface area contributed by atoms with Gasteiger partial charge < -0.3 is 65.4 Å². The van der Waals surface area contributed by atoms with Crippen LogP contribution in [-0.2, 0) is 50.6 Å². The van der Waals surface area contributed by atoms with Gasteiger partial charge in [0.05, 0.1) is 38.0 Å². The van der Waals surface area contributed by atoms with E-state index in [1.54, 1.807) is 18.2 Å². The summed E-state index contributed by atoms with van der Waals surface area (Å²) < 4.78 is 75.1. The first kappa shape index (κ1) is 50.4. The number of ether oxygens (including phenoxy) is 5. The van der Waals surface area contributed by atoms with Crippen molar-refractivity contribution in [3.8, 4) is 17.6 Å². The molecule has 2 amide bonds. The highest BCUT2D eigenvalue weighted by atomic mass is 31.3. The molecule has 61 heavy (non-hydrogen) atoms. The van der Waals surface area contributed by atoms with Crippen molar-refractivity contribution in [1.29, 1.82) is 0 Å². The smallest absolute Gasteiger partial charge is 0.490 e. The number of anilines is 1. The van der Waals surface area contributed by atoms with Crippen molar-refractivity contribution in [3.05, 3.63) is 73.0 Å². The largest absolute Gasteiger partial charge is 0.491 e. The van der Waals surface area contributed by atoms with E-state index in [0.29, 0.717) is 17.9 Å². The average Bonchev–Trinajstić information content (AvgIpc) is 3.58. The fourth-order valence-corrected chi connectivity index (χ4v) is 7.73. The second-order valence-corrected chi connectivity index (χ2v) is 16.0. The Morgan fingerprint density at radius 1 is 1.11 bits per heavy atom. The van der Waals surface area contributed by atoms with Crippen LogP contribution in [-0.4, -0.2) is 119 Å². The number of amides is 2. The van der Waals surface area contributed by atoms with Crippen LogP contribution < -0.4 is 32.5 Å². The number of benzene rings is 1. The van der Waals surface area contributed by atoms with E-state index in [2.05, 4.69) is 60.7 Å². The maximum absolute atomic E-state index is 12.8. The molecule has 1 aliphatic rings. The van der Waals surface area contributed by atoms with Crippen LogP contribution in [0.15, 0.2) is 45.5 Å². The van der Waals surface area contributed by atoms with Gasteiger partial charge in [-0.05, 0) is 29.3 Å². The van der Waals surface area contributed by atoms with Gasteiger partial charge in [0.25, 0.3) is 5.91 Å². The molecule has 2 aromatic rings. The number of carbonyl (C=O) groups is 2. The van der Waals surface area contributed by atoms with Crippen LogP contribution in [0.5, 0.6) is 5.75 Å². The second kappa shape index (κ2) is 24.5. The Labute approximate surface area is 343 Å². The Balaban J connectivity index is 1.51. The highest BCUT2D eigenvalue weighted by Crippen LogP contribution is 2.66. The van der Waals surface area contributed by atoms with Crippen molar-refractivity contribution in [2.75, 3.05) is 65.1 Å². The highest BCUT2D eigenvalue weighted by molar-refractivity contribution is 7.66. The molecule has 1 saturated heterocycles. The van der Waals surface area contributed by atoms with Gasteiger partial charge in [-0.1, -0.05) is 28.1 Å². The first-order valence-electron chi connectivity index (χ1n) is 17.0. The number of hydrogen-bond acceptors (Lipinski definition) is 19. The van der Waals surface area contributed by atoms with Gasteiger partial charge in [-0.15, -0.1) is 0 Å². The molecule has 1 aromatic carbocycles. The number of carbonyl (C=O) groups excluding carboxylic acids is 2. The molecule has 0 bridgehead atoms. The van der Waals surface area contributed by atoms with E-state index in [9.17, 15) is 37.9 Å². The molecule has 33 heteroatoms. The lowest BCUT2D eigenvalue weighted by molar-refractivity contribution is -0.126. The van der Waals surface area contributed by atoms with Gasteiger partial charge in [0, 0.05) is 41.1 Å². The van der Waals surface area contributed by atoms with Gasteiger partial charge in [0.2, 0.25) is 5.91 Å². The van der Waals surface area contributed by atoms with Crippen LogP contribution in [0.4, 0.5) is 5.82 Å². The number of hydrogen-bond donors (Lipinski definition) is 8. The normalized spacial score (nSPS) is 18.5. The van der Waals surface area contributed by atoms with Gasteiger partial charge in [-0.3, -0.25) is 18.7 Å². The van der Waals surface area contributed by atoms with Crippen LogP contribution in [0.1, 0.15) is 28.6 Å². The Kier molecular flexibility index (Phi) is 20.2. The SMILES string of the molecule is [N-]=[N+]=NCO[C@H]1CC(n2cc(C#CCNC(=O)COCCOC(COc3cccc(C(=O)NCCN)c3)N=[N+]=[N-])c(N)nc2=O)OC1COP(=O)(O)OP(=O)(O)OP(=O)(O)O. The quantitative estimate of drug-likeness (QED) is 0.0162. The number of azide groups is 2. The van der Waals surface area contributed by atoms with E-state index in [1.807, 2.05) is 0 Å². The third-order valence-corrected chi connectivity index (χ3v) is 11.0. The Morgan fingerprint density at radius 2 is 1.89 bits per heavy atom. The van der Waals surface area contributed by atoms with Crippen LogP contribution >= 0.6 is 23.5 Å². The molecule has 334 valence electrons. The summed E-state index contributed by atoms with van der Waals surface area (Å²) in [7, 11) is -17.0. The molecular formula is C28H39N12O18P3. The van der Waals surface area contributed by atoms with Gasteiger partial charge in [-0.2, -0.15) is 13.6 Å². The molecule has 1 fully saturated rings. The molecule has 0 aliphatic carbocycles. The lowest BCUT2D eigenvalue weighted by atomic mass is 10.2. The monoisotopic (exact) mass is 924 g/mol. The van der Waals surface area contributed by atoms with E-state index in [4.69, 9.17) is 56.0 Å². The summed E-state index contributed by atoms with van der Waals surface area (Å²) >= 11 is 0. The van der Waals surface area contributed by atoms with Gasteiger partial charge in [0.15, 0.2) is 6.23 Å². The van der Waals surface area contributed by atoms with Crippen LogP contribution in [0.25, 0.3) is 20.9 Å². The average molecular weight is 925 g/mol. The Hall–Kier alpha value is -4.97. The summed E-state index contributed by atoms with van der Waals surface area (Å²) in [6, 6.07) is 6.27. The number of phosphoric ester groups is 1. The standard InChI is InChI=1S/C28H39N12O18P3/c29-6-8-34-27(42)18-3-1-5-20(11-18)53-16-24(37-39-32)52-10-9-51-15-23(41)33-7-2-4-19-13-40(28(43)36-26(19)30)25-12-21(54-17-35-38-31)22(56-25)14-55-60(47,48)58-61(49,50)57-59(44,45)46/h1,3,5,11,13,21-22,24-25H,6-10,12,14-17,29H2,(H,33,41)(H,34,42)(H,47,48)(H,49,50)(H2,30,36,43)(H2,44,45,46)/t21-,22?,24?,25?/m0/s1. The topological polar surface area (TPSA) is 449 Å². The summed E-state index contributed by atoms with van der Waals surface area (Å²) in [4.78, 5) is 82.7. The fraction of sp³-hybridized carbons (Fsp3) is 0.500. The molecule has 6 atom stereocenters. The third kappa shape index (κ3) is 18.7. The van der Waals surface area contributed by atoms with E-state index < -0.39 is 79.7 Å². The summed E-state index contributed by atoms with van der Waals surface area (Å²) in [5.41, 5.74) is 28.1. The summed E-state index contributed by atoms with van der Waals surface area (Å²) in [5, 5.41) is 11.8. The van der Waals surface area contributed by atoms with Crippen molar-refractivity contribution < 1.29 is 79.7 Å². The fourth-order valence-electron chi connectivity index (χ4n) is 4.70. The minimum atomic E-state index is -5.82. The van der Waals surface area contributed by atoms with Gasteiger partial charge in [-0.25, -0.2) is 18.5 Å². The van der Waals surface area contributed by atoms with E-state index in [0.717, 1.165) is 10.8 Å². The van der Waals surface area contributed by atoms with Crippen LogP contribution in [0.3, 0.4) is 0 Å². The molecular weight excluding hydrogens is 885 g/mol. The lowest BCUT2D eigenvalue weighted by Crippen LogP contribution is -2.30. The van der Waals surface area contributed by atoms with Crippen LogP contribution in [0.2, 0.25) is 0 Å². The molecule has 1 aromatic heterocycles. The lowest BCUT2D eigenvalue weighted by Gasteiger charge is -2.21. The van der Waals surface area contributed by atoms with Crippen molar-refractivity contribution in [2.24, 2.45) is 16.0 Å². The van der Waals surface area contributed by atoms with Crippen molar-refractivity contribution in [2.45, 2.75) is 31.1 Å². The Morgan fingerprint density at radius 3 is 2.59 bits per heavy atom. The van der Waals surface area contributed by atoms with E-state index in [1.165, 1.54) is 6.07 Å². The van der Waals surface area contributed by atoms with Crippen molar-refractivity contribution in [1.82, 2.24) is 20.2 Å². The zero-order valence-corrected chi connectivity index (χ0v) is 34.0. The number of nitrogens with two attached hydrogens (primary N) is 2. The maximum atomic E-state index is 12.8. The number of aromatic nitrogens is 2. The molecule has 10 N–H and O–H groups in total. The third-order valence-electron chi connectivity index (χ3n) is 7.17. The van der Waals surface area contributed by atoms with Crippen molar-refractivity contribution >= 4 is 41.1 Å². The summed E-state index contributed by atoms with van der Waals surface area (Å²) in [5.74, 6) is 4.34. The number of nitrogens with one attached hydrogen (secondary N) is 2. The molecule has 5 unspecified atom stereocenters. The van der Waals surface area contributed by atoms with Gasteiger partial charge in [0.1, 0.15) is 43.8 Å². The molecule has 0 radical (unpaired) electrons. The van der Waals surface area contributed by atoms with Gasteiger partial charge >= 0.3 is 29.2 Å². The molecule has 0 saturated carbocycles. The zero-order valence-electron chi connectivity index (χ0n) is 31.3. The molecule has 0 spiro atoms.